The summed E-state index contributed by atoms with van der Waals surface area (Å²) in [5, 5.41) is 5.44. The minimum absolute atomic E-state index is 0.0322. The summed E-state index contributed by atoms with van der Waals surface area (Å²) >= 11 is 0. The van der Waals surface area contributed by atoms with E-state index in [9.17, 15) is 9.59 Å². The lowest BCUT2D eigenvalue weighted by Crippen LogP contribution is -3.12. The van der Waals surface area contributed by atoms with Gasteiger partial charge in [-0.15, -0.1) is 0 Å². The van der Waals surface area contributed by atoms with Gasteiger partial charge in [0.25, 0.3) is 0 Å². The molecule has 2 heterocycles. The number of nitrogens with one attached hydrogen (secondary N) is 3. The Hall–Kier alpha value is -2.60. The number of benzene rings is 1. The fourth-order valence-electron chi connectivity index (χ4n) is 3.49. The Labute approximate surface area is 159 Å². The summed E-state index contributed by atoms with van der Waals surface area (Å²) in [4.78, 5) is 25.4. The van der Waals surface area contributed by atoms with Crippen LogP contribution < -0.4 is 15.5 Å². The third-order valence-electron chi connectivity index (χ3n) is 4.97. The average Bonchev–Trinajstić information content (AvgIpc) is 3.20. The molecule has 1 aromatic carbocycles. The number of quaternary nitrogens is 1. The predicted molar refractivity (Wildman–Crippen MR) is 102 cm³/mol. The zero-order valence-corrected chi connectivity index (χ0v) is 16.0. The molecule has 27 heavy (non-hydrogen) atoms. The molecule has 0 saturated heterocycles. The molecule has 0 aliphatic carbocycles. The van der Waals surface area contributed by atoms with Crippen molar-refractivity contribution in [1.82, 2.24) is 10.6 Å². The number of furan rings is 1. The van der Waals surface area contributed by atoms with Gasteiger partial charge in [0.05, 0.1) is 19.4 Å². The van der Waals surface area contributed by atoms with Crippen LogP contribution in [0.2, 0.25) is 0 Å². The van der Waals surface area contributed by atoms with Gasteiger partial charge in [-0.1, -0.05) is 38.1 Å². The molecule has 3 rings (SSSR count). The summed E-state index contributed by atoms with van der Waals surface area (Å²) in [6, 6.07) is 12.2. The molecule has 0 bridgehead atoms. The van der Waals surface area contributed by atoms with Gasteiger partial charge in [0, 0.05) is 18.5 Å². The predicted octanol–water partition coefficient (Wildman–Crippen LogP) is 0.850. The second kappa shape index (κ2) is 8.86. The number of hydrogen-bond donors (Lipinski definition) is 3. The molecule has 3 N–H and O–H groups in total. The van der Waals surface area contributed by atoms with Crippen molar-refractivity contribution in [2.24, 2.45) is 5.92 Å². The Morgan fingerprint density at radius 1 is 1.04 bits per heavy atom. The molecular formula is C21H28N3O3+. The lowest BCUT2D eigenvalue weighted by atomic mass is 9.98. The Balaban J connectivity index is 1.65. The minimum atomic E-state index is -0.594. The number of rotatable bonds is 6. The summed E-state index contributed by atoms with van der Waals surface area (Å²) in [5.41, 5.74) is 2.72. The SMILES string of the molecule is CC(C)CNC(=O)C(=O)NC[C@@H](c1ccco1)[NH+]1CCc2ccccc2C1. The largest absolute Gasteiger partial charge is 0.463 e. The number of carbonyl (C=O) groups excluding carboxylic acids is 2. The molecule has 6 nitrogen and oxygen atoms in total. The highest BCUT2D eigenvalue weighted by molar-refractivity contribution is 6.35. The van der Waals surface area contributed by atoms with Crippen LogP contribution in [0.5, 0.6) is 0 Å². The van der Waals surface area contributed by atoms with E-state index in [2.05, 4.69) is 34.9 Å². The van der Waals surface area contributed by atoms with E-state index in [0.29, 0.717) is 19.0 Å². The van der Waals surface area contributed by atoms with Gasteiger partial charge < -0.3 is 20.0 Å². The Bertz CT molecular complexity index is 771. The fraction of sp³-hybridized carbons (Fsp3) is 0.429. The number of carbonyl (C=O) groups is 2. The van der Waals surface area contributed by atoms with Crippen LogP contribution in [0.3, 0.4) is 0 Å². The molecule has 0 fully saturated rings. The van der Waals surface area contributed by atoms with Crippen LogP contribution in [-0.2, 0) is 22.6 Å². The molecule has 0 radical (unpaired) electrons. The van der Waals surface area contributed by atoms with Crippen molar-refractivity contribution < 1.29 is 18.9 Å². The third kappa shape index (κ3) is 4.98. The molecule has 1 unspecified atom stereocenters. The van der Waals surface area contributed by atoms with Crippen LogP contribution in [0.1, 0.15) is 36.8 Å². The Morgan fingerprint density at radius 3 is 2.41 bits per heavy atom. The van der Waals surface area contributed by atoms with Gasteiger partial charge >= 0.3 is 11.8 Å². The maximum atomic E-state index is 12.1. The first-order valence-corrected chi connectivity index (χ1v) is 9.55. The zero-order chi connectivity index (χ0) is 19.2. The topological polar surface area (TPSA) is 75.8 Å². The second-order valence-corrected chi connectivity index (χ2v) is 7.49. The second-order valence-electron chi connectivity index (χ2n) is 7.49. The van der Waals surface area contributed by atoms with Crippen LogP contribution in [-0.4, -0.2) is 31.4 Å². The monoisotopic (exact) mass is 370 g/mol. The summed E-state index contributed by atoms with van der Waals surface area (Å²) in [5.74, 6) is -0.0485. The minimum Gasteiger partial charge on any atom is -0.463 e. The molecule has 2 amide bonds. The molecular weight excluding hydrogens is 342 g/mol. The van der Waals surface area contributed by atoms with E-state index >= 15 is 0 Å². The first-order valence-electron chi connectivity index (χ1n) is 9.55. The molecule has 6 heteroatoms. The van der Waals surface area contributed by atoms with E-state index < -0.39 is 11.8 Å². The Kier molecular flexibility index (Phi) is 6.29. The van der Waals surface area contributed by atoms with Gasteiger partial charge in [-0.25, -0.2) is 0 Å². The van der Waals surface area contributed by atoms with Gasteiger partial charge in [0.15, 0.2) is 11.8 Å². The van der Waals surface area contributed by atoms with Gasteiger partial charge in [-0.05, 0) is 23.6 Å². The number of amides is 2. The van der Waals surface area contributed by atoms with Crippen LogP contribution in [0.15, 0.2) is 47.1 Å². The summed E-state index contributed by atoms with van der Waals surface area (Å²) in [6.45, 7) is 6.65. The van der Waals surface area contributed by atoms with Crippen molar-refractivity contribution in [1.29, 1.82) is 0 Å². The maximum absolute atomic E-state index is 12.1. The van der Waals surface area contributed by atoms with Crippen molar-refractivity contribution in [3.63, 3.8) is 0 Å². The van der Waals surface area contributed by atoms with Crippen LogP contribution in [0, 0.1) is 5.92 Å². The van der Waals surface area contributed by atoms with Gasteiger partial charge in [0.2, 0.25) is 0 Å². The van der Waals surface area contributed by atoms with Gasteiger partial charge in [-0.3, -0.25) is 9.59 Å². The highest BCUT2D eigenvalue weighted by atomic mass is 16.3. The molecule has 1 aliphatic rings. The van der Waals surface area contributed by atoms with E-state index in [1.54, 1.807) is 6.26 Å². The third-order valence-corrected chi connectivity index (χ3v) is 4.97. The number of fused-ring (bicyclic) bond motifs is 1. The number of hydrogen-bond acceptors (Lipinski definition) is 3. The van der Waals surface area contributed by atoms with Crippen molar-refractivity contribution >= 4 is 11.8 Å². The standard InChI is InChI=1S/C21H27N3O3/c1-15(2)12-22-20(25)21(26)23-13-18(19-8-5-11-27-19)24-10-9-16-6-3-4-7-17(16)14-24/h3-8,11,15,18H,9-10,12-14H2,1-2H3,(H,22,25)(H,23,26)/p+1/t18-/m0/s1. The molecule has 144 valence electrons. The van der Waals surface area contributed by atoms with Crippen molar-refractivity contribution in [3.8, 4) is 0 Å². The summed E-state index contributed by atoms with van der Waals surface area (Å²) in [6.07, 6.45) is 2.64. The van der Waals surface area contributed by atoms with Gasteiger partial charge in [-0.2, -0.15) is 0 Å². The highest BCUT2D eigenvalue weighted by Crippen LogP contribution is 2.15. The van der Waals surface area contributed by atoms with Gasteiger partial charge in [0.1, 0.15) is 6.54 Å². The molecule has 1 aliphatic heterocycles. The first-order chi connectivity index (χ1) is 13.0. The summed E-state index contributed by atoms with van der Waals surface area (Å²) in [7, 11) is 0. The van der Waals surface area contributed by atoms with Crippen molar-refractivity contribution in [2.45, 2.75) is 32.9 Å². The molecule has 1 aromatic heterocycles. The van der Waals surface area contributed by atoms with Crippen LogP contribution in [0.25, 0.3) is 0 Å². The van der Waals surface area contributed by atoms with E-state index in [4.69, 9.17) is 4.42 Å². The van der Waals surface area contributed by atoms with E-state index in [0.717, 1.165) is 25.3 Å². The normalized spacial score (nSPS) is 17.2. The van der Waals surface area contributed by atoms with E-state index in [1.807, 2.05) is 26.0 Å². The lowest BCUT2D eigenvalue weighted by molar-refractivity contribution is -0.946. The Morgan fingerprint density at radius 2 is 1.74 bits per heavy atom. The maximum Gasteiger partial charge on any atom is 0.309 e. The molecule has 0 saturated carbocycles. The summed E-state index contributed by atoms with van der Waals surface area (Å²) < 4.78 is 5.64. The van der Waals surface area contributed by atoms with Crippen molar-refractivity contribution in [3.05, 3.63) is 59.5 Å². The van der Waals surface area contributed by atoms with Crippen LogP contribution in [0.4, 0.5) is 0 Å². The first kappa shape index (κ1) is 19.2. The zero-order valence-electron chi connectivity index (χ0n) is 16.0. The molecule has 2 aromatic rings. The smallest absolute Gasteiger partial charge is 0.309 e. The van der Waals surface area contributed by atoms with Crippen LogP contribution >= 0.6 is 0 Å². The van der Waals surface area contributed by atoms with Crippen molar-refractivity contribution in [2.75, 3.05) is 19.6 Å². The van der Waals surface area contributed by atoms with E-state index in [1.165, 1.54) is 16.0 Å². The fourth-order valence-corrected chi connectivity index (χ4v) is 3.49. The highest BCUT2D eigenvalue weighted by Gasteiger charge is 2.31. The average molecular weight is 370 g/mol. The van der Waals surface area contributed by atoms with E-state index in [-0.39, 0.29) is 6.04 Å². The molecule has 0 spiro atoms. The molecule has 2 atom stereocenters. The lowest BCUT2D eigenvalue weighted by Gasteiger charge is -2.31. The quantitative estimate of drug-likeness (QED) is 0.660.